The Bertz CT molecular complexity index is 2160. The number of alkyl halides is 6. The van der Waals surface area contributed by atoms with Gasteiger partial charge in [-0.3, -0.25) is 9.59 Å². The number of hydrogen-bond donors (Lipinski definition) is 3. The second-order valence-corrected chi connectivity index (χ2v) is 15.3. The second kappa shape index (κ2) is 20.8. The molecule has 60 heavy (non-hydrogen) atoms. The molecule has 0 fully saturated rings. The summed E-state index contributed by atoms with van der Waals surface area (Å²) in [6.07, 6.45) is -8.35. The van der Waals surface area contributed by atoms with Crippen molar-refractivity contribution in [1.82, 2.24) is 5.32 Å². The molecular formula is C41H39Cl4F6N3O6. The molecule has 0 saturated heterocycles. The molecule has 0 aliphatic heterocycles. The zero-order valence-corrected chi connectivity index (χ0v) is 35.4. The molecule has 0 bridgehead atoms. The maximum atomic E-state index is 13.6. The SMILES string of the molecule is CCC(C)Nc1cc(COc2c(Cl)cc(CC(=O)OC(=O)CNC(=O)c3cc(Cl)c(OCc4cc(NC(C)CC)cc(C(F)(F)F)c4)c(Cl)c3)cc2Cl)cc(C(F)(F)F)c1. The van der Waals surface area contributed by atoms with Gasteiger partial charge >= 0.3 is 24.3 Å². The number of rotatable bonds is 17. The van der Waals surface area contributed by atoms with Crippen molar-refractivity contribution in [3.8, 4) is 11.5 Å². The summed E-state index contributed by atoms with van der Waals surface area (Å²) in [5.74, 6) is -3.16. The maximum absolute atomic E-state index is 13.6. The molecule has 0 saturated carbocycles. The van der Waals surface area contributed by atoms with Crippen molar-refractivity contribution >= 4 is 75.6 Å². The molecule has 4 aromatic rings. The molecule has 4 rings (SSSR count). The summed E-state index contributed by atoms with van der Waals surface area (Å²) in [5, 5.41) is 7.85. The smallest absolute Gasteiger partial charge is 0.416 e. The molecule has 0 aliphatic carbocycles. The van der Waals surface area contributed by atoms with E-state index < -0.39 is 54.3 Å². The van der Waals surface area contributed by atoms with E-state index in [9.17, 15) is 40.7 Å². The van der Waals surface area contributed by atoms with Crippen molar-refractivity contribution in [2.75, 3.05) is 17.2 Å². The fourth-order valence-electron chi connectivity index (χ4n) is 5.43. The number of halogens is 10. The van der Waals surface area contributed by atoms with Crippen molar-refractivity contribution in [2.24, 2.45) is 0 Å². The first-order valence-corrected chi connectivity index (χ1v) is 19.8. The van der Waals surface area contributed by atoms with E-state index in [1.165, 1.54) is 36.4 Å². The van der Waals surface area contributed by atoms with Crippen LogP contribution in [0.1, 0.15) is 78.7 Å². The average molecular weight is 926 g/mol. The molecule has 324 valence electrons. The Hall–Kier alpha value is -4.57. The fourth-order valence-corrected chi connectivity index (χ4v) is 6.67. The Morgan fingerprint density at radius 2 is 1.02 bits per heavy atom. The Morgan fingerprint density at radius 1 is 0.600 bits per heavy atom. The minimum atomic E-state index is -4.61. The van der Waals surface area contributed by atoms with Crippen LogP contribution in [0.4, 0.5) is 37.7 Å². The predicted molar refractivity (Wildman–Crippen MR) is 218 cm³/mol. The zero-order valence-electron chi connectivity index (χ0n) is 32.4. The number of carbonyl (C=O) groups excluding carboxylic acids is 3. The van der Waals surface area contributed by atoms with E-state index in [1.54, 1.807) is 0 Å². The lowest BCUT2D eigenvalue weighted by atomic mass is 10.1. The van der Waals surface area contributed by atoms with Gasteiger partial charge in [-0.1, -0.05) is 60.3 Å². The van der Waals surface area contributed by atoms with Crippen molar-refractivity contribution in [2.45, 2.75) is 84.6 Å². The van der Waals surface area contributed by atoms with Crippen molar-refractivity contribution in [1.29, 1.82) is 0 Å². The predicted octanol–water partition coefficient (Wildman–Crippen LogP) is 12.0. The van der Waals surface area contributed by atoms with E-state index in [2.05, 4.69) is 16.0 Å². The highest BCUT2D eigenvalue weighted by Gasteiger charge is 2.32. The van der Waals surface area contributed by atoms with E-state index in [0.29, 0.717) is 12.8 Å². The number of carbonyl (C=O) groups is 3. The first-order valence-electron chi connectivity index (χ1n) is 18.3. The lowest BCUT2D eigenvalue weighted by Crippen LogP contribution is -2.32. The van der Waals surface area contributed by atoms with Crippen LogP contribution < -0.4 is 25.4 Å². The van der Waals surface area contributed by atoms with Gasteiger partial charge in [-0.05, 0) is 104 Å². The molecule has 0 aromatic heterocycles. The second-order valence-electron chi connectivity index (χ2n) is 13.7. The van der Waals surface area contributed by atoms with Gasteiger partial charge in [0.2, 0.25) is 0 Å². The van der Waals surface area contributed by atoms with Crippen LogP contribution >= 0.6 is 46.4 Å². The highest BCUT2D eigenvalue weighted by atomic mass is 35.5. The van der Waals surface area contributed by atoms with Gasteiger partial charge in [0, 0.05) is 29.0 Å². The molecular weight excluding hydrogens is 886 g/mol. The van der Waals surface area contributed by atoms with Crippen LogP contribution in [-0.4, -0.2) is 36.5 Å². The van der Waals surface area contributed by atoms with Gasteiger partial charge < -0.3 is 30.2 Å². The summed E-state index contributed by atoms with van der Waals surface area (Å²) >= 11 is 25.3. The van der Waals surface area contributed by atoms with Crippen LogP contribution in [0.3, 0.4) is 0 Å². The van der Waals surface area contributed by atoms with Crippen LogP contribution in [0, 0.1) is 0 Å². The monoisotopic (exact) mass is 923 g/mol. The summed E-state index contributed by atoms with van der Waals surface area (Å²) < 4.78 is 97.6. The third kappa shape index (κ3) is 14.0. The summed E-state index contributed by atoms with van der Waals surface area (Å²) in [4.78, 5) is 37.8. The minimum Gasteiger partial charge on any atom is -0.486 e. The highest BCUT2D eigenvalue weighted by Crippen LogP contribution is 2.38. The van der Waals surface area contributed by atoms with Gasteiger partial charge in [0.15, 0.2) is 11.5 Å². The first-order chi connectivity index (χ1) is 28.1. The molecule has 0 spiro atoms. The lowest BCUT2D eigenvalue weighted by Gasteiger charge is -2.18. The largest absolute Gasteiger partial charge is 0.486 e. The minimum absolute atomic E-state index is 0.0535. The zero-order chi connectivity index (χ0) is 44.5. The number of ether oxygens (including phenoxy) is 3. The molecule has 2 atom stereocenters. The number of benzene rings is 4. The van der Waals surface area contributed by atoms with E-state index in [1.807, 2.05) is 27.7 Å². The van der Waals surface area contributed by atoms with E-state index in [-0.39, 0.29) is 90.5 Å². The van der Waals surface area contributed by atoms with Gasteiger partial charge in [0.1, 0.15) is 19.8 Å². The molecule has 0 aliphatic rings. The Morgan fingerprint density at radius 3 is 1.42 bits per heavy atom. The molecule has 0 radical (unpaired) electrons. The summed E-state index contributed by atoms with van der Waals surface area (Å²) in [7, 11) is 0. The van der Waals surface area contributed by atoms with E-state index in [0.717, 1.165) is 24.3 Å². The Balaban J connectivity index is 1.32. The van der Waals surface area contributed by atoms with Gasteiger partial charge in [-0.2, -0.15) is 26.3 Å². The van der Waals surface area contributed by atoms with Crippen molar-refractivity contribution < 1.29 is 54.9 Å². The summed E-state index contributed by atoms with van der Waals surface area (Å²) in [5.41, 5.74) is -0.788. The lowest BCUT2D eigenvalue weighted by molar-refractivity contribution is -0.158. The number of hydrogen-bond acceptors (Lipinski definition) is 8. The molecule has 4 aromatic carbocycles. The van der Waals surface area contributed by atoms with Gasteiger partial charge in [0.25, 0.3) is 5.91 Å². The number of esters is 2. The number of nitrogens with one attached hydrogen (secondary N) is 3. The number of amides is 1. The van der Waals surface area contributed by atoms with E-state index >= 15 is 0 Å². The highest BCUT2D eigenvalue weighted by molar-refractivity contribution is 6.38. The van der Waals surface area contributed by atoms with Gasteiger partial charge in [-0.25, -0.2) is 4.79 Å². The normalized spacial score (nSPS) is 12.6. The molecule has 0 heterocycles. The third-order valence-corrected chi connectivity index (χ3v) is 9.87. The topological polar surface area (TPSA) is 115 Å². The quantitative estimate of drug-likeness (QED) is 0.0545. The van der Waals surface area contributed by atoms with Crippen molar-refractivity contribution in [3.63, 3.8) is 0 Å². The molecule has 1 amide bonds. The van der Waals surface area contributed by atoms with Crippen LogP contribution in [0.2, 0.25) is 20.1 Å². The fraction of sp³-hybridized carbons (Fsp3) is 0.341. The molecule has 19 heteroatoms. The number of anilines is 2. The molecule has 3 N–H and O–H groups in total. The van der Waals surface area contributed by atoms with E-state index in [4.69, 9.17) is 60.6 Å². The van der Waals surface area contributed by atoms with Crippen LogP contribution in [0.25, 0.3) is 0 Å². The standard InChI is InChI=1S/C41H39Cl4F6N3O6/c1-5-21(3)53-29-9-24(7-27(16-29)40(46,47)48)19-58-37-31(42)11-23(12-32(37)43)13-35(55)60-36(56)18-52-39(57)26-14-33(44)38(34(45)15-26)59-20-25-8-28(41(49,50)51)17-30(10-25)54-22(4)6-2/h7-12,14-17,21-22,53-54H,5-6,13,18-20H2,1-4H3,(H,52,57). The summed E-state index contributed by atoms with van der Waals surface area (Å²) in [6, 6.07) is 11.7. The Labute approximate surface area is 361 Å². The third-order valence-electron chi connectivity index (χ3n) is 8.75. The van der Waals surface area contributed by atoms with Gasteiger partial charge in [-0.15, -0.1) is 0 Å². The van der Waals surface area contributed by atoms with Crippen LogP contribution in [-0.2, 0) is 46.3 Å². The summed E-state index contributed by atoms with van der Waals surface area (Å²) in [6.45, 7) is 6.00. The van der Waals surface area contributed by atoms with Crippen LogP contribution in [0.15, 0.2) is 60.7 Å². The molecule has 9 nitrogen and oxygen atoms in total. The average Bonchev–Trinajstić information content (AvgIpc) is 3.15. The molecule has 2 unspecified atom stereocenters. The van der Waals surface area contributed by atoms with Crippen LogP contribution in [0.5, 0.6) is 11.5 Å². The Kier molecular flexibility index (Phi) is 16.7. The first kappa shape index (κ1) is 48.1. The van der Waals surface area contributed by atoms with Crippen molar-refractivity contribution in [3.05, 3.63) is 114 Å². The maximum Gasteiger partial charge on any atom is 0.416 e. The van der Waals surface area contributed by atoms with Gasteiger partial charge in [0.05, 0.1) is 37.6 Å².